The molecular formula is C19H18Cl2N4O5S. The third-order valence-corrected chi connectivity index (χ3v) is 5.86. The Morgan fingerprint density at radius 2 is 2.00 bits per heavy atom. The van der Waals surface area contributed by atoms with Crippen LogP contribution in [0.1, 0.15) is 20.8 Å². The first-order valence-electron chi connectivity index (χ1n) is 9.03. The topological polar surface area (TPSA) is 118 Å². The quantitative estimate of drug-likeness (QED) is 0.479. The smallest absolute Gasteiger partial charge is 0.327 e. The Balaban J connectivity index is 1.57. The van der Waals surface area contributed by atoms with E-state index in [1.165, 1.54) is 32.1 Å². The number of imide groups is 1. The Bertz CT molecular complexity index is 1070. The van der Waals surface area contributed by atoms with E-state index < -0.39 is 42.0 Å². The molecule has 0 aliphatic carbocycles. The summed E-state index contributed by atoms with van der Waals surface area (Å²) >= 11 is 13.1. The second kappa shape index (κ2) is 8.81. The SMILES string of the molecule is CC(OC(=O)CN1C(=O)NC(C)(C)C1=O)C(=O)Nc1nc(-c2ccc(Cl)c(Cl)c2)cs1. The lowest BCUT2D eigenvalue weighted by Gasteiger charge is -2.17. The van der Waals surface area contributed by atoms with Crippen LogP contribution in [-0.4, -0.2) is 51.9 Å². The number of halogens is 2. The van der Waals surface area contributed by atoms with E-state index in [2.05, 4.69) is 15.6 Å². The number of aromatic nitrogens is 1. The largest absolute Gasteiger partial charge is 0.451 e. The monoisotopic (exact) mass is 484 g/mol. The summed E-state index contributed by atoms with van der Waals surface area (Å²) in [5, 5.41) is 7.84. The zero-order chi connectivity index (χ0) is 22.9. The highest BCUT2D eigenvalue weighted by atomic mass is 35.5. The molecule has 2 heterocycles. The van der Waals surface area contributed by atoms with Crippen molar-refractivity contribution in [1.29, 1.82) is 0 Å². The van der Waals surface area contributed by atoms with Gasteiger partial charge in [0.15, 0.2) is 11.2 Å². The summed E-state index contributed by atoms with van der Waals surface area (Å²) in [4.78, 5) is 53.5. The standard InChI is InChI=1S/C19H18Cl2N4O5S/c1-9(30-14(26)7-25-16(28)19(2,3)24-18(25)29)15(27)23-17-22-13(8-31-17)10-4-5-11(20)12(21)6-10/h4-6,8-9H,7H2,1-3H3,(H,24,29)(H,22,23,27). The van der Waals surface area contributed by atoms with E-state index in [0.717, 1.165) is 10.5 Å². The van der Waals surface area contributed by atoms with Crippen molar-refractivity contribution >= 4 is 63.5 Å². The summed E-state index contributed by atoms with van der Waals surface area (Å²) in [6.07, 6.45) is -1.17. The molecule has 0 bridgehead atoms. The number of hydrogen-bond acceptors (Lipinski definition) is 7. The Morgan fingerprint density at radius 1 is 1.29 bits per heavy atom. The molecule has 12 heteroatoms. The number of carbonyl (C=O) groups is 4. The van der Waals surface area contributed by atoms with Crippen LogP contribution in [0.25, 0.3) is 11.3 Å². The van der Waals surface area contributed by atoms with Gasteiger partial charge in [-0.1, -0.05) is 29.3 Å². The molecule has 0 saturated carbocycles. The number of urea groups is 1. The van der Waals surface area contributed by atoms with E-state index in [1.54, 1.807) is 23.6 Å². The molecule has 1 unspecified atom stereocenters. The molecule has 9 nitrogen and oxygen atoms in total. The van der Waals surface area contributed by atoms with Crippen molar-refractivity contribution in [2.24, 2.45) is 0 Å². The minimum atomic E-state index is -1.17. The lowest BCUT2D eigenvalue weighted by Crippen LogP contribution is -2.42. The van der Waals surface area contributed by atoms with Gasteiger partial charge in [0.2, 0.25) is 0 Å². The lowest BCUT2D eigenvalue weighted by atomic mass is 10.1. The van der Waals surface area contributed by atoms with E-state index in [9.17, 15) is 19.2 Å². The summed E-state index contributed by atoms with van der Waals surface area (Å²) in [5.74, 6) is -2.05. The molecule has 1 aliphatic rings. The van der Waals surface area contributed by atoms with Crippen LogP contribution in [0.2, 0.25) is 10.0 Å². The number of benzene rings is 1. The van der Waals surface area contributed by atoms with Gasteiger partial charge in [-0.3, -0.25) is 24.6 Å². The maximum absolute atomic E-state index is 12.3. The maximum atomic E-state index is 12.3. The van der Waals surface area contributed by atoms with Crippen molar-refractivity contribution in [3.05, 3.63) is 33.6 Å². The number of hydrogen-bond donors (Lipinski definition) is 2. The van der Waals surface area contributed by atoms with E-state index in [1.807, 2.05) is 0 Å². The average Bonchev–Trinajstić information content (AvgIpc) is 3.22. The van der Waals surface area contributed by atoms with E-state index in [0.29, 0.717) is 20.9 Å². The summed E-state index contributed by atoms with van der Waals surface area (Å²) in [5.41, 5.74) is 0.212. The van der Waals surface area contributed by atoms with Crippen molar-refractivity contribution in [2.75, 3.05) is 11.9 Å². The molecular weight excluding hydrogens is 467 g/mol. The van der Waals surface area contributed by atoms with Gasteiger partial charge < -0.3 is 10.1 Å². The summed E-state index contributed by atoms with van der Waals surface area (Å²) < 4.78 is 5.05. The first-order valence-corrected chi connectivity index (χ1v) is 10.7. The Labute approximate surface area is 191 Å². The molecule has 4 amide bonds. The van der Waals surface area contributed by atoms with Gasteiger partial charge in [0.1, 0.15) is 12.1 Å². The van der Waals surface area contributed by atoms with Gasteiger partial charge >= 0.3 is 12.0 Å². The molecule has 1 aliphatic heterocycles. The molecule has 1 fully saturated rings. The van der Waals surface area contributed by atoms with Crippen LogP contribution in [0.4, 0.5) is 9.93 Å². The van der Waals surface area contributed by atoms with E-state index in [4.69, 9.17) is 27.9 Å². The van der Waals surface area contributed by atoms with Crippen LogP contribution in [0, 0.1) is 0 Å². The van der Waals surface area contributed by atoms with Crippen molar-refractivity contribution < 1.29 is 23.9 Å². The molecule has 1 saturated heterocycles. The Kier molecular flexibility index (Phi) is 6.54. The number of thiazole rings is 1. The Morgan fingerprint density at radius 3 is 2.61 bits per heavy atom. The number of nitrogens with zero attached hydrogens (tertiary/aromatic N) is 2. The van der Waals surface area contributed by atoms with Crippen molar-refractivity contribution in [1.82, 2.24) is 15.2 Å². The Hall–Kier alpha value is -2.69. The molecule has 0 spiro atoms. The number of ether oxygens (including phenoxy) is 1. The molecule has 1 aromatic carbocycles. The normalized spacial score (nSPS) is 16.1. The summed E-state index contributed by atoms with van der Waals surface area (Å²) in [7, 11) is 0. The van der Waals surface area contributed by atoms with Crippen LogP contribution in [-0.2, 0) is 19.1 Å². The highest BCUT2D eigenvalue weighted by molar-refractivity contribution is 7.14. The van der Waals surface area contributed by atoms with E-state index in [-0.39, 0.29) is 0 Å². The number of esters is 1. The van der Waals surface area contributed by atoms with Crippen molar-refractivity contribution in [3.8, 4) is 11.3 Å². The summed E-state index contributed by atoms with van der Waals surface area (Å²) in [6.45, 7) is 3.82. The fraction of sp³-hybridized carbons (Fsp3) is 0.316. The number of nitrogens with one attached hydrogen (secondary N) is 2. The van der Waals surface area contributed by atoms with Crippen LogP contribution in [0.5, 0.6) is 0 Å². The number of carbonyl (C=O) groups excluding carboxylic acids is 4. The zero-order valence-electron chi connectivity index (χ0n) is 16.7. The van der Waals surface area contributed by atoms with Gasteiger partial charge in [0.05, 0.1) is 15.7 Å². The number of anilines is 1. The molecule has 0 radical (unpaired) electrons. The summed E-state index contributed by atoms with van der Waals surface area (Å²) in [6, 6.07) is 4.36. The van der Waals surface area contributed by atoms with Gasteiger partial charge in [-0.2, -0.15) is 0 Å². The zero-order valence-corrected chi connectivity index (χ0v) is 19.0. The van der Waals surface area contributed by atoms with Gasteiger partial charge in [0.25, 0.3) is 11.8 Å². The highest BCUT2D eigenvalue weighted by Crippen LogP contribution is 2.30. The molecule has 164 valence electrons. The lowest BCUT2D eigenvalue weighted by molar-refractivity contribution is -0.155. The van der Waals surface area contributed by atoms with Crippen LogP contribution < -0.4 is 10.6 Å². The van der Waals surface area contributed by atoms with Gasteiger partial charge in [0, 0.05) is 10.9 Å². The van der Waals surface area contributed by atoms with Crippen molar-refractivity contribution in [3.63, 3.8) is 0 Å². The van der Waals surface area contributed by atoms with Gasteiger partial charge in [-0.05, 0) is 32.9 Å². The predicted octanol–water partition coefficient (Wildman–Crippen LogP) is 3.32. The molecule has 1 aromatic heterocycles. The fourth-order valence-corrected chi connectivity index (χ4v) is 3.73. The molecule has 31 heavy (non-hydrogen) atoms. The van der Waals surface area contributed by atoms with Crippen molar-refractivity contribution in [2.45, 2.75) is 32.4 Å². The minimum Gasteiger partial charge on any atom is -0.451 e. The highest BCUT2D eigenvalue weighted by Gasteiger charge is 2.45. The number of amides is 4. The van der Waals surface area contributed by atoms with Gasteiger partial charge in [-0.25, -0.2) is 9.78 Å². The first-order chi connectivity index (χ1) is 14.5. The fourth-order valence-electron chi connectivity index (χ4n) is 2.70. The third kappa shape index (κ3) is 5.15. The third-order valence-electron chi connectivity index (χ3n) is 4.36. The average molecular weight is 485 g/mol. The molecule has 3 rings (SSSR count). The van der Waals surface area contributed by atoms with Crippen LogP contribution in [0.15, 0.2) is 23.6 Å². The van der Waals surface area contributed by atoms with Crippen LogP contribution in [0.3, 0.4) is 0 Å². The van der Waals surface area contributed by atoms with Gasteiger partial charge in [-0.15, -0.1) is 11.3 Å². The molecule has 2 N–H and O–H groups in total. The molecule has 1 atom stereocenters. The molecule has 2 aromatic rings. The predicted molar refractivity (Wildman–Crippen MR) is 116 cm³/mol. The maximum Gasteiger partial charge on any atom is 0.327 e. The minimum absolute atomic E-state index is 0.296. The van der Waals surface area contributed by atoms with E-state index >= 15 is 0 Å². The second-order valence-corrected chi connectivity index (χ2v) is 8.91. The first kappa shape index (κ1) is 23.0. The second-order valence-electron chi connectivity index (χ2n) is 7.23. The number of rotatable bonds is 6. The van der Waals surface area contributed by atoms with Crippen LogP contribution >= 0.6 is 34.5 Å².